The van der Waals surface area contributed by atoms with E-state index < -0.39 is 6.10 Å². The predicted octanol–water partition coefficient (Wildman–Crippen LogP) is 2.11. The van der Waals surface area contributed by atoms with E-state index in [1.54, 1.807) is 19.4 Å². The van der Waals surface area contributed by atoms with Crippen LogP contribution in [-0.2, 0) is 13.5 Å². The maximum absolute atomic E-state index is 12.5. The average molecular weight is 275 g/mol. The third kappa shape index (κ3) is 2.56. The van der Waals surface area contributed by atoms with Crippen molar-refractivity contribution in [3.8, 4) is 5.75 Å². The van der Waals surface area contributed by atoms with Crippen molar-refractivity contribution in [3.63, 3.8) is 0 Å². The molecular weight excluding hydrogens is 254 g/mol. The molecule has 2 aromatic rings. The lowest BCUT2D eigenvalue weighted by atomic mass is 9.99. The Bertz CT molecular complexity index is 673. The minimum absolute atomic E-state index is 0.0308. The molecule has 0 unspecified atom stereocenters. The zero-order valence-electron chi connectivity index (χ0n) is 12.4. The molecule has 0 amide bonds. The molecular formula is C16H21NO3. The highest BCUT2D eigenvalue weighted by atomic mass is 16.5. The molecule has 0 aliphatic heterocycles. The van der Waals surface area contributed by atoms with E-state index in [1.165, 1.54) is 0 Å². The highest BCUT2D eigenvalue weighted by Crippen LogP contribution is 2.23. The number of aryl methyl sites for hydroxylation is 1. The van der Waals surface area contributed by atoms with E-state index in [9.17, 15) is 9.90 Å². The summed E-state index contributed by atoms with van der Waals surface area (Å²) in [6, 6.07) is 5.45. The third-order valence-electron chi connectivity index (χ3n) is 3.66. The summed E-state index contributed by atoms with van der Waals surface area (Å²) in [6.45, 7) is 3.89. The van der Waals surface area contributed by atoms with E-state index in [2.05, 4.69) is 0 Å². The van der Waals surface area contributed by atoms with Crippen LogP contribution in [0.25, 0.3) is 10.9 Å². The maximum atomic E-state index is 12.5. The largest absolute Gasteiger partial charge is 0.495 e. The van der Waals surface area contributed by atoms with Crippen molar-refractivity contribution in [2.24, 2.45) is 13.0 Å². The van der Waals surface area contributed by atoms with Gasteiger partial charge in [0, 0.05) is 30.6 Å². The SMILES string of the molecule is COc1cccc2c(=O)c(C[C@H](O)C(C)C)cn(C)c12. The van der Waals surface area contributed by atoms with E-state index in [-0.39, 0.29) is 11.3 Å². The Morgan fingerprint density at radius 3 is 2.65 bits per heavy atom. The monoisotopic (exact) mass is 275 g/mol. The smallest absolute Gasteiger partial charge is 0.192 e. The Morgan fingerprint density at radius 1 is 1.35 bits per heavy atom. The van der Waals surface area contributed by atoms with Gasteiger partial charge in [0.2, 0.25) is 0 Å². The Kier molecular flexibility index (Phi) is 4.14. The van der Waals surface area contributed by atoms with E-state index in [0.29, 0.717) is 23.1 Å². The number of rotatable bonds is 4. The molecule has 0 saturated carbocycles. The number of hydrogen-bond donors (Lipinski definition) is 1. The number of para-hydroxylation sites is 1. The highest BCUT2D eigenvalue weighted by molar-refractivity contribution is 5.85. The van der Waals surface area contributed by atoms with E-state index in [0.717, 1.165) is 5.52 Å². The van der Waals surface area contributed by atoms with Crippen molar-refractivity contribution in [1.29, 1.82) is 0 Å². The molecule has 1 aromatic carbocycles. The standard InChI is InChI=1S/C16H21NO3/c1-10(2)13(18)8-11-9-17(3)15-12(16(11)19)6-5-7-14(15)20-4/h5-7,9-10,13,18H,8H2,1-4H3/t13-/m0/s1. The van der Waals surface area contributed by atoms with Crippen molar-refractivity contribution in [1.82, 2.24) is 4.57 Å². The zero-order chi connectivity index (χ0) is 14.9. The quantitative estimate of drug-likeness (QED) is 0.929. The minimum atomic E-state index is -0.509. The van der Waals surface area contributed by atoms with Gasteiger partial charge >= 0.3 is 0 Å². The lowest BCUT2D eigenvalue weighted by Gasteiger charge is -2.16. The summed E-state index contributed by atoms with van der Waals surface area (Å²) in [5, 5.41) is 10.6. The maximum Gasteiger partial charge on any atom is 0.192 e. The van der Waals surface area contributed by atoms with E-state index >= 15 is 0 Å². The van der Waals surface area contributed by atoms with Crippen molar-refractivity contribution in [2.75, 3.05) is 7.11 Å². The first-order valence-corrected chi connectivity index (χ1v) is 6.79. The van der Waals surface area contributed by atoms with Crippen LogP contribution < -0.4 is 10.2 Å². The topological polar surface area (TPSA) is 51.5 Å². The fourth-order valence-corrected chi connectivity index (χ4v) is 2.37. The number of aromatic nitrogens is 1. The van der Waals surface area contributed by atoms with Crippen LogP contribution in [0.5, 0.6) is 5.75 Å². The van der Waals surface area contributed by atoms with Crippen molar-refractivity contribution in [3.05, 3.63) is 40.2 Å². The second-order valence-electron chi connectivity index (χ2n) is 5.47. The number of pyridine rings is 1. The average Bonchev–Trinajstić information content (AvgIpc) is 2.43. The first kappa shape index (κ1) is 14.6. The van der Waals surface area contributed by atoms with Gasteiger partial charge in [0.25, 0.3) is 0 Å². The summed E-state index contributed by atoms with van der Waals surface area (Å²) in [6.07, 6.45) is 1.65. The zero-order valence-corrected chi connectivity index (χ0v) is 12.4. The van der Waals surface area contributed by atoms with Crippen LogP contribution in [0.3, 0.4) is 0 Å². The highest BCUT2D eigenvalue weighted by Gasteiger charge is 2.16. The Balaban J connectivity index is 2.61. The number of aliphatic hydroxyl groups is 1. The molecule has 1 aromatic heterocycles. The number of ether oxygens (including phenoxy) is 1. The summed E-state index contributed by atoms with van der Waals surface area (Å²) < 4.78 is 7.20. The fourth-order valence-electron chi connectivity index (χ4n) is 2.37. The number of methoxy groups -OCH3 is 1. The molecule has 0 spiro atoms. The van der Waals surface area contributed by atoms with Gasteiger partial charge in [-0.3, -0.25) is 4.79 Å². The second kappa shape index (κ2) is 5.67. The van der Waals surface area contributed by atoms with Gasteiger partial charge in [-0.15, -0.1) is 0 Å². The van der Waals surface area contributed by atoms with Crippen molar-refractivity contribution >= 4 is 10.9 Å². The fraction of sp³-hybridized carbons (Fsp3) is 0.438. The molecule has 0 aliphatic carbocycles. The number of benzene rings is 1. The summed E-state index contributed by atoms with van der Waals surface area (Å²) in [7, 11) is 3.48. The molecule has 4 heteroatoms. The van der Waals surface area contributed by atoms with Gasteiger partial charge in [0.05, 0.1) is 18.7 Å². The third-order valence-corrected chi connectivity index (χ3v) is 3.66. The minimum Gasteiger partial charge on any atom is -0.495 e. The summed E-state index contributed by atoms with van der Waals surface area (Å²) in [5.41, 5.74) is 1.38. The summed E-state index contributed by atoms with van der Waals surface area (Å²) >= 11 is 0. The molecule has 0 saturated heterocycles. The van der Waals surface area contributed by atoms with Crippen LogP contribution in [0.1, 0.15) is 19.4 Å². The van der Waals surface area contributed by atoms with Gasteiger partial charge in [0.1, 0.15) is 5.75 Å². The van der Waals surface area contributed by atoms with Gasteiger partial charge in [-0.2, -0.15) is 0 Å². The molecule has 1 N–H and O–H groups in total. The second-order valence-corrected chi connectivity index (χ2v) is 5.47. The lowest BCUT2D eigenvalue weighted by molar-refractivity contribution is 0.125. The Morgan fingerprint density at radius 2 is 2.05 bits per heavy atom. The first-order valence-electron chi connectivity index (χ1n) is 6.79. The van der Waals surface area contributed by atoms with Crippen molar-refractivity contribution < 1.29 is 9.84 Å². The first-order chi connectivity index (χ1) is 9.45. The molecule has 0 bridgehead atoms. The van der Waals surface area contributed by atoms with E-state index in [4.69, 9.17) is 4.74 Å². The molecule has 4 nitrogen and oxygen atoms in total. The number of fused-ring (bicyclic) bond motifs is 1. The van der Waals surface area contributed by atoms with Crippen LogP contribution in [0, 0.1) is 5.92 Å². The molecule has 2 rings (SSSR count). The molecule has 0 fully saturated rings. The number of nitrogens with zero attached hydrogens (tertiary/aromatic N) is 1. The van der Waals surface area contributed by atoms with Gasteiger partial charge in [-0.1, -0.05) is 19.9 Å². The number of aliphatic hydroxyl groups excluding tert-OH is 1. The lowest BCUT2D eigenvalue weighted by Crippen LogP contribution is -2.23. The van der Waals surface area contributed by atoms with Gasteiger partial charge < -0.3 is 14.4 Å². The van der Waals surface area contributed by atoms with Crippen LogP contribution in [0.15, 0.2) is 29.2 Å². The van der Waals surface area contributed by atoms with E-state index in [1.807, 2.05) is 37.6 Å². The normalized spacial score (nSPS) is 12.9. The molecule has 20 heavy (non-hydrogen) atoms. The predicted molar refractivity (Wildman–Crippen MR) is 80.3 cm³/mol. The summed E-state index contributed by atoms with van der Waals surface area (Å²) in [4.78, 5) is 12.5. The summed E-state index contributed by atoms with van der Waals surface area (Å²) in [5.74, 6) is 0.804. The van der Waals surface area contributed by atoms with Crippen LogP contribution in [0.2, 0.25) is 0 Å². The Labute approximate surface area is 118 Å². The Hall–Kier alpha value is -1.81. The van der Waals surface area contributed by atoms with Gasteiger partial charge in [0.15, 0.2) is 5.43 Å². The molecule has 0 radical (unpaired) electrons. The van der Waals surface area contributed by atoms with Crippen LogP contribution in [0.4, 0.5) is 0 Å². The molecule has 1 atom stereocenters. The van der Waals surface area contributed by atoms with Crippen LogP contribution in [-0.4, -0.2) is 22.9 Å². The van der Waals surface area contributed by atoms with Crippen LogP contribution >= 0.6 is 0 Å². The van der Waals surface area contributed by atoms with Crippen molar-refractivity contribution in [2.45, 2.75) is 26.4 Å². The van der Waals surface area contributed by atoms with Gasteiger partial charge in [-0.05, 0) is 18.1 Å². The molecule has 0 aliphatic rings. The number of hydrogen-bond acceptors (Lipinski definition) is 3. The molecule has 1 heterocycles. The van der Waals surface area contributed by atoms with Gasteiger partial charge in [-0.25, -0.2) is 0 Å². The molecule has 108 valence electrons.